The Bertz CT molecular complexity index is 420. The van der Waals surface area contributed by atoms with Crippen LogP contribution in [-0.4, -0.2) is 9.97 Å². The van der Waals surface area contributed by atoms with E-state index in [0.29, 0.717) is 0 Å². The topological polar surface area (TPSA) is 41.2 Å². The maximum absolute atomic E-state index is 5.23. The van der Waals surface area contributed by atoms with Gasteiger partial charge in [-0.05, 0) is 12.1 Å². The van der Waals surface area contributed by atoms with E-state index in [9.17, 15) is 0 Å². The molecule has 0 radical (unpaired) electrons. The molecule has 2 heterocycles. The standard InChI is InChI=1S/C9H6N2O/c1-2-6(8-7(3-1)12-8)9-10-4-5-11-9/h1-5H,(H,10,11). The van der Waals surface area contributed by atoms with E-state index in [4.69, 9.17) is 4.74 Å². The van der Waals surface area contributed by atoms with Crippen molar-refractivity contribution in [3.63, 3.8) is 0 Å². The van der Waals surface area contributed by atoms with Crippen LogP contribution in [0.1, 0.15) is 0 Å². The molecule has 0 bridgehead atoms. The van der Waals surface area contributed by atoms with Gasteiger partial charge in [0.15, 0.2) is 11.5 Å². The van der Waals surface area contributed by atoms with E-state index in [0.717, 1.165) is 22.9 Å². The average Bonchev–Trinajstić information content (AvgIpc) is 2.70. The molecule has 3 heteroatoms. The molecule has 1 N–H and O–H groups in total. The number of nitrogens with one attached hydrogen (secondary N) is 1. The summed E-state index contributed by atoms with van der Waals surface area (Å²) in [6.45, 7) is 0. The summed E-state index contributed by atoms with van der Waals surface area (Å²) in [6, 6.07) is 5.90. The predicted octanol–water partition coefficient (Wildman–Crippen LogP) is 2.18. The fourth-order valence-electron chi connectivity index (χ4n) is 1.29. The summed E-state index contributed by atoms with van der Waals surface area (Å²) < 4.78 is 5.23. The van der Waals surface area contributed by atoms with Gasteiger partial charge in [0.25, 0.3) is 0 Å². The number of rotatable bonds is 1. The smallest absolute Gasteiger partial charge is 0.181 e. The fourth-order valence-corrected chi connectivity index (χ4v) is 1.29. The molecule has 3 nitrogen and oxygen atoms in total. The first-order valence-electron chi connectivity index (χ1n) is 3.76. The highest BCUT2D eigenvalue weighted by atomic mass is 16.6. The number of aromatic amines is 1. The third-order valence-corrected chi connectivity index (χ3v) is 1.90. The molecule has 0 saturated carbocycles. The maximum atomic E-state index is 5.23. The number of hydrogen-bond acceptors (Lipinski definition) is 2. The van der Waals surface area contributed by atoms with E-state index in [1.807, 2.05) is 18.2 Å². The van der Waals surface area contributed by atoms with Crippen molar-refractivity contribution in [2.45, 2.75) is 0 Å². The summed E-state index contributed by atoms with van der Waals surface area (Å²) in [7, 11) is 0. The first-order valence-corrected chi connectivity index (χ1v) is 3.76. The molecule has 0 spiro atoms. The van der Waals surface area contributed by atoms with Gasteiger partial charge in [-0.15, -0.1) is 0 Å². The number of fused-ring (bicyclic) bond motifs is 1. The van der Waals surface area contributed by atoms with Crippen molar-refractivity contribution < 1.29 is 4.74 Å². The van der Waals surface area contributed by atoms with E-state index < -0.39 is 0 Å². The molecule has 3 rings (SSSR count). The van der Waals surface area contributed by atoms with Crippen LogP contribution in [0.4, 0.5) is 0 Å². The minimum Gasteiger partial charge on any atom is -0.449 e. The highest BCUT2D eigenvalue weighted by Crippen LogP contribution is 2.50. The molecule has 0 atom stereocenters. The number of H-pyrrole nitrogens is 1. The lowest BCUT2D eigenvalue weighted by Gasteiger charge is -1.89. The molecule has 0 saturated heterocycles. The van der Waals surface area contributed by atoms with Crippen LogP contribution in [0, 0.1) is 0 Å². The minimum absolute atomic E-state index is 0.865. The van der Waals surface area contributed by atoms with Crippen LogP contribution < -0.4 is 4.74 Å². The largest absolute Gasteiger partial charge is 0.449 e. The predicted molar refractivity (Wildman–Crippen MR) is 44.1 cm³/mol. The van der Waals surface area contributed by atoms with Gasteiger partial charge >= 0.3 is 0 Å². The summed E-state index contributed by atoms with van der Waals surface area (Å²) in [4.78, 5) is 7.18. The number of nitrogens with zero attached hydrogens (tertiary/aromatic N) is 1. The molecule has 12 heavy (non-hydrogen) atoms. The summed E-state index contributed by atoms with van der Waals surface area (Å²) in [5, 5.41) is 0. The molecule has 1 aromatic heterocycles. The quantitative estimate of drug-likeness (QED) is 0.551. The zero-order valence-corrected chi connectivity index (χ0v) is 6.24. The molecule has 0 amide bonds. The molecular weight excluding hydrogens is 152 g/mol. The van der Waals surface area contributed by atoms with E-state index in [1.54, 1.807) is 12.4 Å². The Hall–Kier alpha value is -1.77. The summed E-state index contributed by atoms with van der Waals surface area (Å²) in [6.07, 6.45) is 3.54. The molecule has 58 valence electrons. The van der Waals surface area contributed by atoms with Gasteiger partial charge in [-0.2, -0.15) is 0 Å². The van der Waals surface area contributed by atoms with Gasteiger partial charge < -0.3 is 9.72 Å². The first kappa shape index (κ1) is 5.83. The Morgan fingerprint density at radius 3 is 3.17 bits per heavy atom. The second-order valence-electron chi connectivity index (χ2n) is 2.67. The SMILES string of the molecule is c1cc2c(c(-c3ncc[nH]3)c1)O2. The summed E-state index contributed by atoms with van der Waals surface area (Å²) >= 11 is 0. The van der Waals surface area contributed by atoms with E-state index >= 15 is 0 Å². The van der Waals surface area contributed by atoms with Crippen molar-refractivity contribution in [1.82, 2.24) is 9.97 Å². The summed E-state index contributed by atoms with van der Waals surface area (Å²) in [5.74, 6) is 2.78. The Balaban J connectivity index is 2.21. The van der Waals surface area contributed by atoms with E-state index in [2.05, 4.69) is 9.97 Å². The third kappa shape index (κ3) is 0.676. The fraction of sp³-hybridized carbons (Fsp3) is 0. The molecule has 0 aliphatic carbocycles. The normalized spacial score (nSPS) is 12.0. The lowest BCUT2D eigenvalue weighted by molar-refractivity contribution is 0.650. The molecule has 1 aromatic carbocycles. The zero-order valence-electron chi connectivity index (χ0n) is 6.24. The molecule has 2 aromatic rings. The van der Waals surface area contributed by atoms with Gasteiger partial charge in [-0.1, -0.05) is 6.07 Å². The van der Waals surface area contributed by atoms with Crippen molar-refractivity contribution >= 4 is 0 Å². The van der Waals surface area contributed by atoms with Crippen molar-refractivity contribution in [3.05, 3.63) is 30.6 Å². The second kappa shape index (κ2) is 1.88. The number of ether oxygens (including phenoxy) is 1. The van der Waals surface area contributed by atoms with Crippen LogP contribution in [0.5, 0.6) is 11.5 Å². The molecule has 1 aliphatic heterocycles. The van der Waals surface area contributed by atoms with Gasteiger partial charge in [0.05, 0.1) is 5.56 Å². The highest BCUT2D eigenvalue weighted by Gasteiger charge is 2.25. The Kier molecular flexibility index (Phi) is 0.913. The monoisotopic (exact) mass is 158 g/mol. The number of para-hydroxylation sites is 1. The van der Waals surface area contributed by atoms with Crippen molar-refractivity contribution in [2.24, 2.45) is 0 Å². The molecule has 1 aliphatic rings. The van der Waals surface area contributed by atoms with E-state index in [1.165, 1.54) is 0 Å². The molecule has 0 fully saturated rings. The third-order valence-electron chi connectivity index (χ3n) is 1.90. The molecule has 0 unspecified atom stereocenters. The van der Waals surface area contributed by atoms with Crippen molar-refractivity contribution in [2.75, 3.05) is 0 Å². The van der Waals surface area contributed by atoms with Crippen LogP contribution in [0.25, 0.3) is 11.4 Å². The van der Waals surface area contributed by atoms with Crippen LogP contribution in [-0.2, 0) is 0 Å². The number of aromatic nitrogens is 2. The Morgan fingerprint density at radius 1 is 1.33 bits per heavy atom. The average molecular weight is 158 g/mol. The maximum Gasteiger partial charge on any atom is 0.181 e. The summed E-state index contributed by atoms with van der Waals surface area (Å²) in [5.41, 5.74) is 1.04. The number of imidazole rings is 1. The lowest BCUT2D eigenvalue weighted by Crippen LogP contribution is -1.75. The zero-order chi connectivity index (χ0) is 7.97. The highest BCUT2D eigenvalue weighted by molar-refractivity contribution is 5.75. The van der Waals surface area contributed by atoms with E-state index in [-0.39, 0.29) is 0 Å². The van der Waals surface area contributed by atoms with Crippen LogP contribution >= 0.6 is 0 Å². The van der Waals surface area contributed by atoms with Gasteiger partial charge in [-0.3, -0.25) is 0 Å². The second-order valence-corrected chi connectivity index (χ2v) is 2.67. The first-order chi connectivity index (χ1) is 5.95. The van der Waals surface area contributed by atoms with Crippen LogP contribution in [0.15, 0.2) is 30.6 Å². The number of hydrogen-bond donors (Lipinski definition) is 1. The lowest BCUT2D eigenvalue weighted by atomic mass is 10.2. The van der Waals surface area contributed by atoms with Crippen molar-refractivity contribution in [1.29, 1.82) is 0 Å². The van der Waals surface area contributed by atoms with Crippen LogP contribution in [0.2, 0.25) is 0 Å². The Labute approximate surface area is 69.0 Å². The van der Waals surface area contributed by atoms with Gasteiger partial charge in [-0.25, -0.2) is 4.98 Å². The Morgan fingerprint density at radius 2 is 2.33 bits per heavy atom. The van der Waals surface area contributed by atoms with Crippen molar-refractivity contribution in [3.8, 4) is 22.9 Å². The van der Waals surface area contributed by atoms with Gasteiger partial charge in [0, 0.05) is 12.4 Å². The number of benzene rings is 1. The van der Waals surface area contributed by atoms with Gasteiger partial charge in [0.1, 0.15) is 5.82 Å². The van der Waals surface area contributed by atoms with Gasteiger partial charge in [0.2, 0.25) is 0 Å². The van der Waals surface area contributed by atoms with Crippen LogP contribution in [0.3, 0.4) is 0 Å². The molecular formula is C9H6N2O. The minimum atomic E-state index is 0.865.